The Morgan fingerprint density at radius 2 is 1.93 bits per heavy atom. The van der Waals surface area contributed by atoms with Gasteiger partial charge in [0.15, 0.2) is 0 Å². The minimum Gasteiger partial charge on any atom is -0.352 e. The highest BCUT2D eigenvalue weighted by molar-refractivity contribution is 5.72. The van der Waals surface area contributed by atoms with Crippen molar-refractivity contribution < 1.29 is 4.79 Å². The second-order valence-electron chi connectivity index (χ2n) is 6.18. The van der Waals surface area contributed by atoms with E-state index in [2.05, 4.69) is 39.9 Å². The first kappa shape index (κ1) is 11.3. The zero-order valence-electron chi connectivity index (χ0n) is 9.85. The first-order valence-electron chi connectivity index (χ1n) is 5.20. The number of carbonyl (C=O) groups excluding carboxylic acids is 1. The Kier molecular flexibility index (Phi) is 2.55. The molecule has 3 nitrogen and oxygen atoms in total. The monoisotopic (exact) mass is 198 g/mol. The lowest BCUT2D eigenvalue weighted by Crippen LogP contribution is -2.33. The molecule has 1 rings (SSSR count). The summed E-state index contributed by atoms with van der Waals surface area (Å²) >= 11 is 0. The van der Waals surface area contributed by atoms with E-state index in [0.717, 1.165) is 6.42 Å². The third-order valence-electron chi connectivity index (χ3n) is 3.18. The van der Waals surface area contributed by atoms with E-state index in [0.29, 0.717) is 11.3 Å². The molecule has 0 saturated heterocycles. The molecule has 0 radical (unpaired) electrons. The number of hydrogen-bond acceptors (Lipinski definition) is 1. The van der Waals surface area contributed by atoms with Crippen molar-refractivity contribution in [3.63, 3.8) is 0 Å². The van der Waals surface area contributed by atoms with E-state index in [4.69, 9.17) is 5.73 Å². The van der Waals surface area contributed by atoms with Gasteiger partial charge in [-0.05, 0) is 23.2 Å². The molecule has 2 amide bonds. The van der Waals surface area contributed by atoms with Crippen LogP contribution in [0.3, 0.4) is 0 Å². The third-order valence-corrected chi connectivity index (χ3v) is 3.18. The van der Waals surface area contributed by atoms with E-state index >= 15 is 0 Å². The molecule has 14 heavy (non-hydrogen) atoms. The molecule has 1 aliphatic carbocycles. The molecule has 82 valence electrons. The predicted molar refractivity (Wildman–Crippen MR) is 57.9 cm³/mol. The molecule has 0 heterocycles. The van der Waals surface area contributed by atoms with Crippen LogP contribution in [0.2, 0.25) is 0 Å². The molecule has 0 spiro atoms. The van der Waals surface area contributed by atoms with Gasteiger partial charge in [0.2, 0.25) is 0 Å². The average molecular weight is 198 g/mol. The van der Waals surface area contributed by atoms with Gasteiger partial charge < -0.3 is 11.1 Å². The van der Waals surface area contributed by atoms with E-state index in [1.54, 1.807) is 0 Å². The number of hydrogen-bond donors (Lipinski definition) is 2. The first-order chi connectivity index (χ1) is 6.14. The molecular weight excluding hydrogens is 176 g/mol. The summed E-state index contributed by atoms with van der Waals surface area (Å²) in [5.74, 6) is 0.565. The van der Waals surface area contributed by atoms with Gasteiger partial charge in [-0.1, -0.05) is 34.6 Å². The molecule has 2 unspecified atom stereocenters. The van der Waals surface area contributed by atoms with Crippen molar-refractivity contribution in [3.8, 4) is 0 Å². The van der Waals surface area contributed by atoms with Crippen LogP contribution in [0.5, 0.6) is 0 Å². The highest BCUT2D eigenvalue weighted by Gasteiger charge is 2.58. The van der Waals surface area contributed by atoms with Crippen molar-refractivity contribution >= 4 is 6.03 Å². The molecule has 0 aromatic rings. The fraction of sp³-hybridized carbons (Fsp3) is 0.909. The van der Waals surface area contributed by atoms with Crippen LogP contribution in [-0.2, 0) is 0 Å². The number of nitrogens with two attached hydrogens (primary N) is 1. The summed E-state index contributed by atoms with van der Waals surface area (Å²) in [7, 11) is 0. The van der Waals surface area contributed by atoms with E-state index in [9.17, 15) is 4.79 Å². The van der Waals surface area contributed by atoms with Gasteiger partial charge in [0.1, 0.15) is 0 Å². The largest absolute Gasteiger partial charge is 0.352 e. The molecule has 0 aromatic carbocycles. The van der Waals surface area contributed by atoms with Crippen LogP contribution in [-0.4, -0.2) is 12.1 Å². The summed E-state index contributed by atoms with van der Waals surface area (Å²) < 4.78 is 0. The van der Waals surface area contributed by atoms with E-state index in [1.165, 1.54) is 0 Å². The van der Waals surface area contributed by atoms with Crippen molar-refractivity contribution in [3.05, 3.63) is 0 Å². The van der Waals surface area contributed by atoms with Gasteiger partial charge in [0.25, 0.3) is 0 Å². The smallest absolute Gasteiger partial charge is 0.312 e. The minimum atomic E-state index is -0.403. The van der Waals surface area contributed by atoms with Crippen molar-refractivity contribution in [1.29, 1.82) is 0 Å². The second-order valence-corrected chi connectivity index (χ2v) is 6.18. The molecule has 1 aliphatic rings. The van der Waals surface area contributed by atoms with Gasteiger partial charge in [-0.2, -0.15) is 0 Å². The molecule has 0 aliphatic heterocycles. The molecule has 0 bridgehead atoms. The molecule has 1 fully saturated rings. The first-order valence-corrected chi connectivity index (χ1v) is 5.20. The number of carbonyl (C=O) groups is 1. The number of rotatable bonds is 2. The number of nitrogens with one attached hydrogen (secondary N) is 1. The number of amides is 2. The molecule has 2 atom stereocenters. The fourth-order valence-electron chi connectivity index (χ4n) is 2.22. The van der Waals surface area contributed by atoms with Gasteiger partial charge in [-0.3, -0.25) is 0 Å². The summed E-state index contributed by atoms with van der Waals surface area (Å²) in [6.45, 7) is 11.0. The van der Waals surface area contributed by atoms with Crippen molar-refractivity contribution in [2.45, 2.75) is 47.1 Å². The third kappa shape index (κ3) is 2.40. The summed E-state index contributed by atoms with van der Waals surface area (Å²) in [4.78, 5) is 10.8. The Morgan fingerprint density at radius 3 is 2.29 bits per heavy atom. The summed E-state index contributed by atoms with van der Waals surface area (Å²) in [6, 6.07) is -0.140. The molecule has 3 N–H and O–H groups in total. The van der Waals surface area contributed by atoms with Crippen LogP contribution < -0.4 is 11.1 Å². The maximum absolute atomic E-state index is 10.8. The maximum Gasteiger partial charge on any atom is 0.312 e. The fourth-order valence-corrected chi connectivity index (χ4v) is 2.22. The second kappa shape index (κ2) is 3.14. The molecule has 1 saturated carbocycles. The lowest BCUT2D eigenvalue weighted by atomic mass is 9.87. The van der Waals surface area contributed by atoms with E-state index < -0.39 is 6.03 Å². The van der Waals surface area contributed by atoms with E-state index in [-0.39, 0.29) is 11.5 Å². The standard InChI is InChI=1S/C11H22N2O/c1-10(2,3)6-7-8(11(7,4)5)13-9(12)14/h7-8H,6H2,1-5H3,(H3,12,13,14). The van der Waals surface area contributed by atoms with Crippen LogP contribution in [0.25, 0.3) is 0 Å². The van der Waals surface area contributed by atoms with Gasteiger partial charge >= 0.3 is 6.03 Å². The van der Waals surface area contributed by atoms with Crippen LogP contribution in [0, 0.1) is 16.7 Å². The Hall–Kier alpha value is -0.730. The van der Waals surface area contributed by atoms with Gasteiger partial charge in [0.05, 0.1) is 0 Å². The Labute approximate surface area is 86.4 Å². The number of urea groups is 1. The van der Waals surface area contributed by atoms with Crippen LogP contribution >= 0.6 is 0 Å². The average Bonchev–Trinajstić information content (AvgIpc) is 2.34. The van der Waals surface area contributed by atoms with Crippen LogP contribution in [0.1, 0.15) is 41.0 Å². The van der Waals surface area contributed by atoms with E-state index in [1.807, 2.05) is 0 Å². The maximum atomic E-state index is 10.8. The highest BCUT2D eigenvalue weighted by Crippen LogP contribution is 2.56. The molecule has 3 heteroatoms. The Morgan fingerprint density at radius 1 is 1.43 bits per heavy atom. The van der Waals surface area contributed by atoms with Crippen molar-refractivity contribution in [1.82, 2.24) is 5.32 Å². The van der Waals surface area contributed by atoms with Gasteiger partial charge in [-0.25, -0.2) is 4.79 Å². The SMILES string of the molecule is CC(C)(C)CC1C(NC(N)=O)C1(C)C. The summed E-state index contributed by atoms with van der Waals surface area (Å²) in [6.07, 6.45) is 1.13. The lowest BCUT2D eigenvalue weighted by molar-refractivity contribution is 0.246. The van der Waals surface area contributed by atoms with Gasteiger partial charge in [0, 0.05) is 6.04 Å². The Balaban J connectivity index is 2.53. The van der Waals surface area contributed by atoms with Gasteiger partial charge in [-0.15, -0.1) is 0 Å². The predicted octanol–water partition coefficient (Wildman–Crippen LogP) is 2.12. The Bertz CT molecular complexity index is 240. The zero-order chi connectivity index (χ0) is 11.1. The highest BCUT2D eigenvalue weighted by atomic mass is 16.2. The summed E-state index contributed by atoms with van der Waals surface area (Å²) in [5.41, 5.74) is 5.66. The van der Waals surface area contributed by atoms with Crippen molar-refractivity contribution in [2.24, 2.45) is 22.5 Å². The van der Waals surface area contributed by atoms with Crippen molar-refractivity contribution in [2.75, 3.05) is 0 Å². The quantitative estimate of drug-likeness (QED) is 0.701. The zero-order valence-corrected chi connectivity index (χ0v) is 9.85. The topological polar surface area (TPSA) is 55.1 Å². The number of primary amides is 1. The lowest BCUT2D eigenvalue weighted by Gasteiger charge is -2.18. The summed E-state index contributed by atoms with van der Waals surface area (Å²) in [5, 5.41) is 2.82. The minimum absolute atomic E-state index is 0.211. The normalized spacial score (nSPS) is 29.8. The van der Waals surface area contributed by atoms with Crippen LogP contribution in [0.4, 0.5) is 4.79 Å². The molecular formula is C11H22N2O. The molecule has 0 aromatic heterocycles. The van der Waals surface area contributed by atoms with Crippen LogP contribution in [0.15, 0.2) is 0 Å².